The van der Waals surface area contributed by atoms with Crippen molar-refractivity contribution in [3.8, 4) is 0 Å². The molecule has 0 aliphatic rings. The second-order valence-electron chi connectivity index (χ2n) is 5.00. The van der Waals surface area contributed by atoms with Crippen LogP contribution in [0.5, 0.6) is 0 Å². The number of hydrogen-bond acceptors (Lipinski definition) is 3. The van der Waals surface area contributed by atoms with Gasteiger partial charge in [-0.25, -0.2) is 4.98 Å². The normalized spacial score (nSPS) is 11.3. The Bertz CT molecular complexity index is 608. The van der Waals surface area contributed by atoms with Gasteiger partial charge in [0.15, 0.2) is 0 Å². The number of nitrogens with one attached hydrogen (secondary N) is 2. The third kappa shape index (κ3) is 3.23. The number of halogens is 1. The molecule has 0 amide bonds. The Morgan fingerprint density at radius 1 is 1.32 bits per heavy atom. The highest BCUT2D eigenvalue weighted by atomic mass is 79.9. The molecular formula is C14H16BrN3O. The van der Waals surface area contributed by atoms with Crippen molar-refractivity contribution in [2.75, 3.05) is 11.9 Å². The summed E-state index contributed by atoms with van der Waals surface area (Å²) in [7, 11) is 0. The van der Waals surface area contributed by atoms with Gasteiger partial charge in [0.25, 0.3) is 5.56 Å². The summed E-state index contributed by atoms with van der Waals surface area (Å²) >= 11 is 3.24. The fraction of sp³-hybridized carbons (Fsp3) is 0.286. The van der Waals surface area contributed by atoms with Gasteiger partial charge in [0.05, 0.1) is 6.33 Å². The van der Waals surface area contributed by atoms with Crippen LogP contribution in [-0.4, -0.2) is 16.5 Å². The minimum Gasteiger partial charge on any atom is -0.368 e. The molecule has 4 nitrogen and oxygen atoms in total. The smallest absolute Gasteiger partial charge is 0.267 e. The SMILES string of the molecule is CC(C)(CNc1nc[nH]c(=O)c1Br)c1ccccc1. The predicted molar refractivity (Wildman–Crippen MR) is 80.5 cm³/mol. The Kier molecular flexibility index (Phi) is 4.04. The molecule has 1 aromatic carbocycles. The molecule has 1 aromatic heterocycles. The van der Waals surface area contributed by atoms with E-state index in [1.165, 1.54) is 11.9 Å². The van der Waals surface area contributed by atoms with Crippen LogP contribution in [0.1, 0.15) is 19.4 Å². The van der Waals surface area contributed by atoms with Gasteiger partial charge in [0.1, 0.15) is 10.3 Å². The van der Waals surface area contributed by atoms with E-state index in [0.29, 0.717) is 16.8 Å². The summed E-state index contributed by atoms with van der Waals surface area (Å²) < 4.78 is 0.430. The van der Waals surface area contributed by atoms with Crippen LogP contribution >= 0.6 is 15.9 Å². The zero-order valence-corrected chi connectivity index (χ0v) is 12.5. The molecule has 0 unspecified atom stereocenters. The lowest BCUT2D eigenvalue weighted by atomic mass is 9.85. The highest BCUT2D eigenvalue weighted by Crippen LogP contribution is 2.24. The maximum atomic E-state index is 11.5. The van der Waals surface area contributed by atoms with Crippen LogP contribution < -0.4 is 10.9 Å². The van der Waals surface area contributed by atoms with E-state index in [0.717, 1.165) is 0 Å². The fourth-order valence-corrected chi connectivity index (χ4v) is 2.16. The second-order valence-corrected chi connectivity index (χ2v) is 5.79. The van der Waals surface area contributed by atoms with Crippen molar-refractivity contribution < 1.29 is 0 Å². The molecule has 1 heterocycles. The summed E-state index contributed by atoms with van der Waals surface area (Å²) in [5.41, 5.74) is 1.00. The lowest BCUT2D eigenvalue weighted by Gasteiger charge is -2.26. The van der Waals surface area contributed by atoms with Gasteiger partial charge in [-0.05, 0) is 21.5 Å². The minimum absolute atomic E-state index is 0.0506. The molecular weight excluding hydrogens is 306 g/mol. The monoisotopic (exact) mass is 321 g/mol. The first-order valence-corrected chi connectivity index (χ1v) is 6.82. The molecule has 0 aliphatic heterocycles. The summed E-state index contributed by atoms with van der Waals surface area (Å²) in [4.78, 5) is 18.1. The average molecular weight is 322 g/mol. The van der Waals surface area contributed by atoms with Crippen molar-refractivity contribution in [1.82, 2.24) is 9.97 Å². The molecule has 2 N–H and O–H groups in total. The number of nitrogens with zero attached hydrogens (tertiary/aromatic N) is 1. The molecule has 0 spiro atoms. The Hall–Kier alpha value is -1.62. The van der Waals surface area contributed by atoms with Gasteiger partial charge in [-0.15, -0.1) is 0 Å². The molecule has 5 heteroatoms. The van der Waals surface area contributed by atoms with Gasteiger partial charge < -0.3 is 10.3 Å². The van der Waals surface area contributed by atoms with E-state index in [9.17, 15) is 4.79 Å². The van der Waals surface area contributed by atoms with E-state index >= 15 is 0 Å². The summed E-state index contributed by atoms with van der Waals surface area (Å²) in [6.45, 7) is 4.99. The fourth-order valence-electron chi connectivity index (χ4n) is 1.80. The Balaban J connectivity index is 2.14. The summed E-state index contributed by atoms with van der Waals surface area (Å²) in [5, 5.41) is 3.21. The average Bonchev–Trinajstić information content (AvgIpc) is 2.41. The molecule has 0 saturated carbocycles. The first kappa shape index (κ1) is 13.8. The van der Waals surface area contributed by atoms with Gasteiger partial charge in [-0.1, -0.05) is 44.2 Å². The topological polar surface area (TPSA) is 57.8 Å². The van der Waals surface area contributed by atoms with Crippen LogP contribution in [0, 0.1) is 0 Å². The molecule has 0 aliphatic carbocycles. The highest BCUT2D eigenvalue weighted by Gasteiger charge is 2.20. The molecule has 2 aromatic rings. The highest BCUT2D eigenvalue weighted by molar-refractivity contribution is 9.10. The summed E-state index contributed by atoms with van der Waals surface area (Å²) in [6, 6.07) is 10.3. The zero-order valence-electron chi connectivity index (χ0n) is 10.9. The van der Waals surface area contributed by atoms with Crippen LogP contribution in [-0.2, 0) is 5.41 Å². The molecule has 2 rings (SSSR count). The first-order valence-electron chi connectivity index (χ1n) is 6.03. The van der Waals surface area contributed by atoms with Crippen molar-refractivity contribution in [2.45, 2.75) is 19.3 Å². The van der Waals surface area contributed by atoms with Gasteiger partial charge in [-0.3, -0.25) is 4.79 Å². The van der Waals surface area contributed by atoms with Crippen LogP contribution in [0.25, 0.3) is 0 Å². The van der Waals surface area contributed by atoms with E-state index in [4.69, 9.17) is 0 Å². The second kappa shape index (κ2) is 5.57. The summed E-state index contributed by atoms with van der Waals surface area (Å²) in [5.74, 6) is 0.563. The van der Waals surface area contributed by atoms with Gasteiger partial charge in [0.2, 0.25) is 0 Å². The number of aromatic amines is 1. The van der Waals surface area contributed by atoms with Crippen molar-refractivity contribution in [3.63, 3.8) is 0 Å². The third-order valence-electron chi connectivity index (χ3n) is 3.05. The van der Waals surface area contributed by atoms with E-state index in [-0.39, 0.29) is 11.0 Å². The maximum absolute atomic E-state index is 11.5. The lowest BCUT2D eigenvalue weighted by Crippen LogP contribution is -2.28. The van der Waals surface area contributed by atoms with Crippen molar-refractivity contribution in [2.24, 2.45) is 0 Å². The number of benzene rings is 1. The summed E-state index contributed by atoms with van der Waals surface area (Å²) in [6.07, 6.45) is 1.39. The van der Waals surface area contributed by atoms with Gasteiger partial charge in [0, 0.05) is 12.0 Å². The largest absolute Gasteiger partial charge is 0.368 e. The number of aromatic nitrogens is 2. The van der Waals surface area contributed by atoms with Crippen molar-refractivity contribution >= 4 is 21.7 Å². The Morgan fingerprint density at radius 2 is 2.00 bits per heavy atom. The van der Waals surface area contributed by atoms with Gasteiger partial charge in [-0.2, -0.15) is 0 Å². The van der Waals surface area contributed by atoms with Crippen LogP contribution in [0.2, 0.25) is 0 Å². The Labute approximate surface area is 120 Å². The van der Waals surface area contributed by atoms with Crippen molar-refractivity contribution in [1.29, 1.82) is 0 Å². The van der Waals surface area contributed by atoms with E-state index in [1.54, 1.807) is 0 Å². The van der Waals surface area contributed by atoms with Crippen LogP contribution in [0.4, 0.5) is 5.82 Å². The Morgan fingerprint density at radius 3 is 2.68 bits per heavy atom. The molecule has 0 atom stereocenters. The maximum Gasteiger partial charge on any atom is 0.267 e. The van der Waals surface area contributed by atoms with Crippen LogP contribution in [0.3, 0.4) is 0 Å². The van der Waals surface area contributed by atoms with Crippen molar-refractivity contribution in [3.05, 3.63) is 57.0 Å². The number of rotatable bonds is 4. The molecule has 19 heavy (non-hydrogen) atoms. The van der Waals surface area contributed by atoms with Crippen LogP contribution in [0.15, 0.2) is 45.9 Å². The number of hydrogen-bond donors (Lipinski definition) is 2. The standard InChI is InChI=1S/C14H16BrN3O/c1-14(2,10-6-4-3-5-7-10)8-16-12-11(15)13(19)18-9-17-12/h3-7,9H,8H2,1-2H3,(H2,16,17,18,19). The van der Waals surface area contributed by atoms with E-state index in [1.807, 2.05) is 18.2 Å². The number of anilines is 1. The zero-order chi connectivity index (χ0) is 13.9. The molecule has 0 fully saturated rings. The van der Waals surface area contributed by atoms with Gasteiger partial charge >= 0.3 is 0 Å². The molecule has 0 saturated heterocycles. The quantitative estimate of drug-likeness (QED) is 0.910. The molecule has 100 valence electrons. The first-order chi connectivity index (χ1) is 9.00. The predicted octanol–water partition coefficient (Wildman–Crippen LogP) is 2.92. The van der Waals surface area contributed by atoms with E-state index in [2.05, 4.69) is 57.2 Å². The van der Waals surface area contributed by atoms with E-state index < -0.39 is 0 Å². The molecule has 0 radical (unpaired) electrons. The molecule has 0 bridgehead atoms. The number of H-pyrrole nitrogens is 1. The minimum atomic E-state index is -0.185. The lowest BCUT2D eigenvalue weighted by molar-refractivity contribution is 0.556. The third-order valence-corrected chi connectivity index (χ3v) is 3.79.